The van der Waals surface area contributed by atoms with Crippen molar-refractivity contribution in [2.75, 3.05) is 26.6 Å². The van der Waals surface area contributed by atoms with E-state index in [9.17, 15) is 4.79 Å². The van der Waals surface area contributed by atoms with E-state index in [1.54, 1.807) is 24.3 Å². The number of amides is 1. The number of carbonyl (C=O) groups excluding carboxylic acids is 1. The first-order valence-electron chi connectivity index (χ1n) is 6.46. The van der Waals surface area contributed by atoms with E-state index in [2.05, 4.69) is 21.2 Å². The minimum atomic E-state index is -0.221. The summed E-state index contributed by atoms with van der Waals surface area (Å²) in [6.07, 6.45) is 0. The molecule has 0 spiro atoms. The van der Waals surface area contributed by atoms with Gasteiger partial charge in [0, 0.05) is 27.9 Å². The molecule has 0 aliphatic carbocycles. The summed E-state index contributed by atoms with van der Waals surface area (Å²) in [4.78, 5) is 12.2. The fourth-order valence-electron chi connectivity index (χ4n) is 1.96. The smallest absolute Gasteiger partial charge is 0.255 e. The molecular formula is C16H16BrNO4. The molecule has 0 heterocycles. The lowest BCUT2D eigenvalue weighted by molar-refractivity contribution is 0.102. The number of rotatable bonds is 5. The Kier molecular flexibility index (Phi) is 5.27. The highest BCUT2D eigenvalue weighted by Gasteiger charge is 2.15. The van der Waals surface area contributed by atoms with Crippen molar-refractivity contribution >= 4 is 27.5 Å². The molecule has 2 aromatic carbocycles. The molecule has 0 aliphatic heterocycles. The van der Waals surface area contributed by atoms with Gasteiger partial charge in [-0.25, -0.2) is 0 Å². The second-order valence-corrected chi connectivity index (χ2v) is 5.29. The monoisotopic (exact) mass is 365 g/mol. The fraction of sp³-hybridized carbons (Fsp3) is 0.188. The average molecular weight is 366 g/mol. The quantitative estimate of drug-likeness (QED) is 0.876. The van der Waals surface area contributed by atoms with E-state index in [-0.39, 0.29) is 5.91 Å². The molecule has 22 heavy (non-hydrogen) atoms. The van der Waals surface area contributed by atoms with Gasteiger partial charge in [0.15, 0.2) is 11.5 Å². The van der Waals surface area contributed by atoms with E-state index < -0.39 is 0 Å². The number of halogens is 1. The number of nitrogens with one attached hydrogen (secondary N) is 1. The number of benzene rings is 2. The van der Waals surface area contributed by atoms with Crippen LogP contribution in [0.4, 0.5) is 5.69 Å². The number of hydrogen-bond acceptors (Lipinski definition) is 4. The van der Waals surface area contributed by atoms with Crippen LogP contribution in [-0.2, 0) is 0 Å². The number of methoxy groups -OCH3 is 3. The second kappa shape index (κ2) is 7.17. The molecule has 6 heteroatoms. The average Bonchev–Trinajstić information content (AvgIpc) is 2.54. The maximum atomic E-state index is 12.2. The molecule has 0 atom stereocenters. The molecule has 0 aliphatic rings. The number of hydrogen-bond donors (Lipinski definition) is 1. The summed E-state index contributed by atoms with van der Waals surface area (Å²) in [5, 5.41) is 2.81. The van der Waals surface area contributed by atoms with Gasteiger partial charge in [0.05, 0.1) is 21.3 Å². The van der Waals surface area contributed by atoms with Crippen LogP contribution >= 0.6 is 15.9 Å². The number of carbonyl (C=O) groups is 1. The van der Waals surface area contributed by atoms with Crippen LogP contribution in [0.1, 0.15) is 10.4 Å². The van der Waals surface area contributed by atoms with Gasteiger partial charge in [0.2, 0.25) is 5.75 Å². The second-order valence-electron chi connectivity index (χ2n) is 4.38. The third kappa shape index (κ3) is 3.51. The Morgan fingerprint density at radius 2 is 1.50 bits per heavy atom. The van der Waals surface area contributed by atoms with Gasteiger partial charge in [-0.3, -0.25) is 4.79 Å². The Labute approximate surface area is 137 Å². The van der Waals surface area contributed by atoms with Gasteiger partial charge in [-0.1, -0.05) is 15.9 Å². The Morgan fingerprint density at radius 3 is 1.95 bits per heavy atom. The minimum absolute atomic E-state index is 0.221. The van der Waals surface area contributed by atoms with Crippen LogP contribution in [0, 0.1) is 0 Å². The lowest BCUT2D eigenvalue weighted by atomic mass is 10.2. The fourth-order valence-corrected chi connectivity index (χ4v) is 2.22. The summed E-state index contributed by atoms with van der Waals surface area (Å²) in [5.74, 6) is 1.22. The van der Waals surface area contributed by atoms with Gasteiger partial charge in [0.25, 0.3) is 5.91 Å². The van der Waals surface area contributed by atoms with Crippen LogP contribution in [0.25, 0.3) is 0 Å². The van der Waals surface area contributed by atoms with Crippen LogP contribution in [-0.4, -0.2) is 27.2 Å². The third-order valence-electron chi connectivity index (χ3n) is 3.03. The summed E-state index contributed by atoms with van der Waals surface area (Å²) >= 11 is 3.34. The summed E-state index contributed by atoms with van der Waals surface area (Å²) in [6, 6.07) is 10.4. The van der Waals surface area contributed by atoms with Crippen LogP contribution in [0.2, 0.25) is 0 Å². The molecule has 2 rings (SSSR count). The summed E-state index contributed by atoms with van der Waals surface area (Å²) in [7, 11) is 4.58. The highest BCUT2D eigenvalue weighted by Crippen LogP contribution is 2.40. The molecular weight excluding hydrogens is 350 g/mol. The van der Waals surface area contributed by atoms with Crippen molar-refractivity contribution in [2.45, 2.75) is 0 Å². The Balaban J connectivity index is 2.29. The molecule has 0 unspecified atom stereocenters. The molecule has 0 bridgehead atoms. The van der Waals surface area contributed by atoms with Crippen LogP contribution in [0.15, 0.2) is 40.9 Å². The highest BCUT2D eigenvalue weighted by molar-refractivity contribution is 9.10. The predicted octanol–water partition coefficient (Wildman–Crippen LogP) is 3.73. The van der Waals surface area contributed by atoms with Gasteiger partial charge < -0.3 is 19.5 Å². The van der Waals surface area contributed by atoms with Crippen molar-refractivity contribution in [3.63, 3.8) is 0 Å². The van der Waals surface area contributed by atoms with E-state index in [1.165, 1.54) is 21.3 Å². The van der Waals surface area contributed by atoms with E-state index in [0.29, 0.717) is 28.5 Å². The molecule has 0 saturated heterocycles. The van der Waals surface area contributed by atoms with E-state index in [4.69, 9.17) is 14.2 Å². The molecule has 0 radical (unpaired) electrons. The Bertz CT molecular complexity index is 645. The van der Waals surface area contributed by atoms with Gasteiger partial charge >= 0.3 is 0 Å². The van der Waals surface area contributed by atoms with E-state index >= 15 is 0 Å². The summed E-state index contributed by atoms with van der Waals surface area (Å²) < 4.78 is 16.7. The zero-order valence-corrected chi connectivity index (χ0v) is 14.1. The Morgan fingerprint density at radius 1 is 0.955 bits per heavy atom. The summed E-state index contributed by atoms with van der Waals surface area (Å²) in [5.41, 5.74) is 1.11. The zero-order chi connectivity index (χ0) is 16.1. The first-order valence-corrected chi connectivity index (χ1v) is 7.25. The van der Waals surface area contributed by atoms with Crippen molar-refractivity contribution in [1.82, 2.24) is 0 Å². The molecule has 0 fully saturated rings. The zero-order valence-electron chi connectivity index (χ0n) is 12.5. The van der Waals surface area contributed by atoms with Gasteiger partial charge in [-0.05, 0) is 24.3 Å². The third-order valence-corrected chi connectivity index (χ3v) is 3.56. The number of ether oxygens (including phenoxy) is 3. The first-order chi connectivity index (χ1) is 10.6. The molecule has 1 N–H and O–H groups in total. The van der Waals surface area contributed by atoms with Crippen molar-refractivity contribution < 1.29 is 19.0 Å². The van der Waals surface area contributed by atoms with Crippen molar-refractivity contribution in [2.24, 2.45) is 0 Å². The Hall–Kier alpha value is -2.21. The largest absolute Gasteiger partial charge is 0.493 e. The standard InChI is InChI=1S/C16H16BrNO4/c1-20-13-8-12(9-14(21-2)15(13)22-3)18-16(19)10-4-6-11(17)7-5-10/h4-9H,1-3H3,(H,18,19). The van der Waals surface area contributed by atoms with Gasteiger partial charge in [-0.2, -0.15) is 0 Å². The molecule has 0 aromatic heterocycles. The number of anilines is 1. The van der Waals surface area contributed by atoms with Gasteiger partial charge in [0.1, 0.15) is 0 Å². The van der Waals surface area contributed by atoms with Crippen LogP contribution < -0.4 is 19.5 Å². The normalized spacial score (nSPS) is 10.0. The van der Waals surface area contributed by atoms with E-state index in [1.807, 2.05) is 12.1 Å². The molecule has 1 amide bonds. The molecule has 0 saturated carbocycles. The van der Waals surface area contributed by atoms with Crippen molar-refractivity contribution in [3.8, 4) is 17.2 Å². The van der Waals surface area contributed by atoms with Gasteiger partial charge in [-0.15, -0.1) is 0 Å². The van der Waals surface area contributed by atoms with Crippen LogP contribution in [0.5, 0.6) is 17.2 Å². The van der Waals surface area contributed by atoms with E-state index in [0.717, 1.165) is 4.47 Å². The topological polar surface area (TPSA) is 56.8 Å². The SMILES string of the molecule is COc1cc(NC(=O)c2ccc(Br)cc2)cc(OC)c1OC. The summed E-state index contributed by atoms with van der Waals surface area (Å²) in [6.45, 7) is 0. The minimum Gasteiger partial charge on any atom is -0.493 e. The lowest BCUT2D eigenvalue weighted by Crippen LogP contribution is -2.12. The van der Waals surface area contributed by atoms with Crippen molar-refractivity contribution in [1.29, 1.82) is 0 Å². The maximum Gasteiger partial charge on any atom is 0.255 e. The van der Waals surface area contributed by atoms with Crippen LogP contribution in [0.3, 0.4) is 0 Å². The predicted molar refractivity (Wildman–Crippen MR) is 88.2 cm³/mol. The molecule has 5 nitrogen and oxygen atoms in total. The first kappa shape index (κ1) is 16.2. The molecule has 116 valence electrons. The lowest BCUT2D eigenvalue weighted by Gasteiger charge is -2.14. The maximum absolute atomic E-state index is 12.2. The van der Waals surface area contributed by atoms with Crippen molar-refractivity contribution in [3.05, 3.63) is 46.4 Å². The molecule has 2 aromatic rings. The highest BCUT2D eigenvalue weighted by atomic mass is 79.9.